The van der Waals surface area contributed by atoms with E-state index in [2.05, 4.69) is 267 Å². The summed E-state index contributed by atoms with van der Waals surface area (Å²) in [5, 5.41) is -4.60. The first-order valence-electron chi connectivity index (χ1n) is 38.3. The second-order valence-corrected chi connectivity index (χ2v) is 39.5. The van der Waals surface area contributed by atoms with Crippen molar-refractivity contribution in [2.45, 2.75) is 209 Å². The summed E-state index contributed by atoms with van der Waals surface area (Å²) >= 11 is 0. The molecular formula is C90H98F7O8S5+. The summed E-state index contributed by atoms with van der Waals surface area (Å²) in [6.07, 6.45) is 10.6. The lowest BCUT2D eigenvalue weighted by Crippen LogP contribution is -2.50. The maximum Gasteiger partial charge on any atom is 0.394 e. The minimum absolute atomic E-state index is 0.0146. The van der Waals surface area contributed by atoms with Crippen molar-refractivity contribution >= 4 is 58.9 Å². The summed E-state index contributed by atoms with van der Waals surface area (Å²) in [5.74, 6) is -0.0730. The van der Waals surface area contributed by atoms with Gasteiger partial charge in [-0.25, -0.2) is 25.6 Å². The fourth-order valence-corrected chi connectivity index (χ4v) is 25.1. The van der Waals surface area contributed by atoms with Crippen LogP contribution in [0, 0.1) is 46.8 Å². The van der Waals surface area contributed by atoms with Crippen LogP contribution in [0.3, 0.4) is 0 Å². The van der Waals surface area contributed by atoms with Crippen LogP contribution in [0.15, 0.2) is 311 Å². The van der Waals surface area contributed by atoms with Crippen molar-refractivity contribution in [3.05, 3.63) is 272 Å². The molecule has 0 unspecified atom stereocenters. The predicted molar refractivity (Wildman–Crippen MR) is 422 cm³/mol. The number of ether oxygens (including phenoxy) is 1. The van der Waals surface area contributed by atoms with E-state index in [1.54, 1.807) is 0 Å². The Labute approximate surface area is 654 Å². The molecular weight excluding hydrogens is 1500 g/mol. The summed E-state index contributed by atoms with van der Waals surface area (Å²) in [5.41, 5.74) is 1.76. The molecule has 8 nitrogen and oxygen atoms in total. The molecule has 0 aromatic heterocycles. The number of benzene rings is 9. The van der Waals surface area contributed by atoms with Crippen LogP contribution in [0.25, 0.3) is 0 Å². The first-order chi connectivity index (χ1) is 52.7. The molecule has 18 rings (SSSR count). The van der Waals surface area contributed by atoms with Crippen LogP contribution in [0.5, 0.6) is 0 Å². The fraction of sp³-hybridized carbons (Fsp3) is 0.389. The van der Waals surface area contributed by atoms with Crippen LogP contribution < -0.4 is 0 Å². The number of rotatable bonds is 19. The maximum absolute atomic E-state index is 13.1. The number of carbonyl (C=O) groups excluding carboxylic acids is 1. The summed E-state index contributed by atoms with van der Waals surface area (Å²) in [6.45, 7) is 1.02. The van der Waals surface area contributed by atoms with Crippen molar-refractivity contribution in [2.24, 2.45) is 46.8 Å². The third-order valence-corrected chi connectivity index (χ3v) is 30.4. The van der Waals surface area contributed by atoms with Gasteiger partial charge < -0.3 is 13.8 Å². The first-order valence-corrected chi connectivity index (χ1v) is 45.0. The quantitative estimate of drug-likeness (QED) is 0.0337. The van der Waals surface area contributed by atoms with Crippen LogP contribution in [0.2, 0.25) is 0 Å². The third kappa shape index (κ3) is 24.2. The highest BCUT2D eigenvalue weighted by Gasteiger charge is 2.53. The van der Waals surface area contributed by atoms with Gasteiger partial charge in [0.2, 0.25) is 0 Å². The van der Waals surface area contributed by atoms with Crippen LogP contribution in [0.4, 0.5) is 30.7 Å². The molecule has 0 radical (unpaired) electrons. The van der Waals surface area contributed by atoms with Crippen LogP contribution >= 0.6 is 0 Å². The lowest BCUT2D eigenvalue weighted by Gasteiger charge is -2.57. The van der Waals surface area contributed by atoms with Crippen molar-refractivity contribution < 1.29 is 66.2 Å². The number of halogens is 7. The Morgan fingerprint density at radius 2 is 0.709 bits per heavy atom. The first kappa shape index (κ1) is 83.8. The summed E-state index contributed by atoms with van der Waals surface area (Å²) < 4.78 is 152. The molecule has 20 heteroatoms. The second-order valence-electron chi connectivity index (χ2n) is 30.4. The van der Waals surface area contributed by atoms with Crippen molar-refractivity contribution in [2.75, 3.05) is 5.75 Å². The van der Waals surface area contributed by atoms with Crippen molar-refractivity contribution in [3.8, 4) is 0 Å². The predicted octanol–water partition coefficient (Wildman–Crippen LogP) is 23.4. The Balaban J connectivity index is 0.000000133. The third-order valence-electron chi connectivity index (χ3n) is 22.2. The number of hydrogen-bond acceptors (Lipinski definition) is 8. The molecule has 9 saturated carbocycles. The Bertz CT molecular complexity index is 4090. The molecule has 584 valence electrons. The van der Waals surface area contributed by atoms with Gasteiger partial charge in [-0.05, 0) is 257 Å². The van der Waals surface area contributed by atoms with Gasteiger partial charge in [0, 0.05) is 12.2 Å². The molecule has 0 aliphatic heterocycles. The zero-order chi connectivity index (χ0) is 77.9. The van der Waals surface area contributed by atoms with E-state index in [1.807, 2.05) is 0 Å². The maximum atomic E-state index is 13.1. The molecule has 9 aromatic rings. The molecule has 0 saturated heterocycles. The van der Waals surface area contributed by atoms with Gasteiger partial charge in [-0.15, -0.1) is 0 Å². The highest BCUT2D eigenvalue weighted by Crippen LogP contribution is 2.61. The van der Waals surface area contributed by atoms with Crippen LogP contribution in [-0.4, -0.2) is 61.1 Å². The average Bonchev–Trinajstić information content (AvgIpc) is 0.754. The topological polar surface area (TPSA) is 141 Å². The second kappa shape index (κ2) is 38.6. The van der Waals surface area contributed by atoms with Gasteiger partial charge in [-0.2, -0.15) is 22.0 Å². The molecule has 0 heterocycles. The van der Waals surface area contributed by atoms with E-state index in [1.165, 1.54) is 127 Å². The fourth-order valence-electron chi connectivity index (χ4n) is 17.9. The molecule has 0 N–H and O–H groups in total. The Hall–Kier alpha value is -7.17. The summed E-state index contributed by atoms with van der Waals surface area (Å²) in [4.78, 5) is 23.9. The van der Waals surface area contributed by atoms with E-state index in [-0.39, 0.29) is 55.7 Å². The normalized spacial score (nSPS) is 22.5. The van der Waals surface area contributed by atoms with E-state index >= 15 is 0 Å². The SMILES string of the molecule is CCC(F)(F)CC(F)(F)F.O=C(CC(F)(F)S(=O)(=O)[O-])OC1C2CC3CC(C2)CC1C3.O=S(=O)([O-])CCC12CC3CC(CC(C3)C1)C2.c1ccc([S+](c2ccccc2)c2ccc(C3CCCCC3)cc2)cc1.c1ccc([S+](c2ccccc2)c2ccccc2)cc1.c1ccc([S+](c2ccccc2)c2ccccc2)cc1. The summed E-state index contributed by atoms with van der Waals surface area (Å²) in [6, 6.07) is 95.6. The Kier molecular flexibility index (Phi) is 29.4. The van der Waals surface area contributed by atoms with Crippen LogP contribution in [0.1, 0.15) is 147 Å². The molecule has 9 aromatic carbocycles. The van der Waals surface area contributed by atoms with E-state index in [0.717, 1.165) is 56.3 Å². The lowest BCUT2D eigenvalue weighted by atomic mass is 9.49. The smallest absolute Gasteiger partial charge is 0.394 e. The van der Waals surface area contributed by atoms with Crippen molar-refractivity contribution in [1.82, 2.24) is 0 Å². The summed E-state index contributed by atoms with van der Waals surface area (Å²) in [7, 11) is -9.92. The van der Waals surface area contributed by atoms with E-state index in [4.69, 9.17) is 4.74 Å². The van der Waals surface area contributed by atoms with Gasteiger partial charge in [0.05, 0.1) is 42.8 Å². The standard InChI is InChI=1S/C24H25S.2C18H15S.C13H18F2O5S.C12H20O3S.C5H7F5/c1-4-10-20(11-5-1)21-16-18-24(19-17-21)25(22-12-6-2-7-13-22)23-14-8-3-9-15-23;2*1-4-10-16(11-5-1)19(17-12-6-2-7-13-17)18-14-8-3-9-15-18;14-13(15,21(17,18)19)6-11(16)20-12-9-2-7-1-8(4-9)5-10(12)3-7;13-16(14,15)2-1-12-6-9-3-10(7-12)5-11(4-9)8-12;1-2-4(6,7)3-5(8,9)10/h2-3,6-9,12-20H,1,4-5,10-11H2;2*1-15H;7-10,12H,1-6H2,(H,17,18,19);9-11H,1-8H2,(H,13,14,15);2-3H2,1H3/q3*+1;;;/p-2. The molecule has 8 bridgehead atoms. The number of alkyl halides is 7. The minimum atomic E-state index is -5.84. The van der Waals surface area contributed by atoms with E-state index in [0.29, 0.717) is 18.3 Å². The van der Waals surface area contributed by atoms with Gasteiger partial charge in [-0.1, -0.05) is 184 Å². The molecule has 9 aliphatic carbocycles. The van der Waals surface area contributed by atoms with Gasteiger partial charge in [-0.3, -0.25) is 4.79 Å². The lowest BCUT2D eigenvalue weighted by molar-refractivity contribution is -0.188. The van der Waals surface area contributed by atoms with Gasteiger partial charge in [0.15, 0.2) is 54.2 Å². The number of carbonyl (C=O) groups is 1. The van der Waals surface area contributed by atoms with E-state index < -0.39 is 68.9 Å². The van der Waals surface area contributed by atoms with Gasteiger partial charge in [0.1, 0.15) is 18.9 Å². The van der Waals surface area contributed by atoms with E-state index in [9.17, 15) is 61.5 Å². The number of hydrogen-bond donors (Lipinski definition) is 0. The van der Waals surface area contributed by atoms with Crippen molar-refractivity contribution in [1.29, 1.82) is 0 Å². The minimum Gasteiger partial charge on any atom is -0.748 e. The zero-order valence-corrected chi connectivity index (χ0v) is 66.0. The van der Waals surface area contributed by atoms with Crippen molar-refractivity contribution in [3.63, 3.8) is 0 Å². The molecule has 9 fully saturated rings. The van der Waals surface area contributed by atoms with Gasteiger partial charge >= 0.3 is 17.4 Å². The average molecular weight is 1600 g/mol. The van der Waals surface area contributed by atoms with Gasteiger partial charge in [0.25, 0.3) is 5.92 Å². The number of esters is 1. The monoisotopic (exact) mass is 1600 g/mol. The molecule has 110 heavy (non-hydrogen) atoms. The zero-order valence-electron chi connectivity index (χ0n) is 61.9. The molecule has 9 aliphatic rings. The molecule has 0 atom stereocenters. The molecule has 0 amide bonds. The highest BCUT2D eigenvalue weighted by atomic mass is 32.2. The van der Waals surface area contributed by atoms with Crippen LogP contribution in [-0.2, 0) is 62.5 Å². The molecule has 0 spiro atoms. The Morgan fingerprint density at radius 1 is 0.418 bits per heavy atom. The highest BCUT2D eigenvalue weighted by molar-refractivity contribution is 7.97. The Morgan fingerprint density at radius 3 is 0.973 bits per heavy atom. The largest absolute Gasteiger partial charge is 0.748 e.